The molecular weight excluding hydrogens is 335 g/mol. The summed E-state index contributed by atoms with van der Waals surface area (Å²) < 4.78 is 13.9. The van der Waals surface area contributed by atoms with E-state index in [4.69, 9.17) is 0 Å². The number of carbonyl (C=O) groups excluding carboxylic acids is 1. The molecule has 3 N–H and O–H groups in total. The Bertz CT molecular complexity index is 621. The minimum absolute atomic E-state index is 0.0261. The summed E-state index contributed by atoms with van der Waals surface area (Å²) in [5, 5.41) is 9.43. The van der Waals surface area contributed by atoms with E-state index in [1.807, 2.05) is 25.7 Å². The molecule has 8 heteroatoms. The van der Waals surface area contributed by atoms with E-state index < -0.39 is 0 Å². The molecule has 0 bridgehead atoms. The van der Waals surface area contributed by atoms with Crippen molar-refractivity contribution < 1.29 is 9.18 Å². The van der Waals surface area contributed by atoms with Crippen LogP contribution in [-0.2, 0) is 4.79 Å². The molecule has 0 saturated carbocycles. The number of aliphatic imine (C=N–C) groups is 1. The van der Waals surface area contributed by atoms with Crippen molar-refractivity contribution in [3.05, 3.63) is 24.1 Å². The van der Waals surface area contributed by atoms with E-state index in [9.17, 15) is 9.18 Å². The van der Waals surface area contributed by atoms with E-state index in [1.165, 1.54) is 6.07 Å². The van der Waals surface area contributed by atoms with Crippen molar-refractivity contribution in [1.82, 2.24) is 20.9 Å². The van der Waals surface area contributed by atoms with Crippen LogP contribution in [0, 0.1) is 11.7 Å². The minimum atomic E-state index is -0.297. The number of anilines is 1. The van der Waals surface area contributed by atoms with Crippen LogP contribution in [0.15, 0.2) is 23.3 Å². The molecule has 1 saturated heterocycles. The molecule has 2 heterocycles. The SMILES string of the molecule is CCNC(=NCCNC(=O)C(C)C)NC1CCN(c2ncccc2F)C1. The van der Waals surface area contributed by atoms with Crippen LogP contribution in [-0.4, -0.2) is 55.6 Å². The number of halogens is 1. The van der Waals surface area contributed by atoms with Gasteiger partial charge in [-0.1, -0.05) is 13.8 Å². The lowest BCUT2D eigenvalue weighted by Gasteiger charge is -2.20. The Morgan fingerprint density at radius 3 is 2.96 bits per heavy atom. The molecule has 144 valence electrons. The summed E-state index contributed by atoms with van der Waals surface area (Å²) in [6.45, 7) is 8.89. The Hall–Kier alpha value is -2.38. The lowest BCUT2D eigenvalue weighted by atomic mass is 10.2. The molecule has 1 aromatic heterocycles. The van der Waals surface area contributed by atoms with Crippen molar-refractivity contribution >= 4 is 17.7 Å². The van der Waals surface area contributed by atoms with Crippen LogP contribution in [0.3, 0.4) is 0 Å². The van der Waals surface area contributed by atoms with Gasteiger partial charge in [0.2, 0.25) is 5.91 Å². The van der Waals surface area contributed by atoms with Crippen molar-refractivity contribution in [3.63, 3.8) is 0 Å². The molecule has 2 rings (SSSR count). The maximum atomic E-state index is 13.9. The Balaban J connectivity index is 1.85. The molecule has 7 nitrogen and oxygen atoms in total. The smallest absolute Gasteiger partial charge is 0.222 e. The zero-order valence-electron chi connectivity index (χ0n) is 15.8. The normalized spacial score (nSPS) is 17.5. The van der Waals surface area contributed by atoms with Crippen LogP contribution in [0.2, 0.25) is 0 Å². The predicted molar refractivity (Wildman–Crippen MR) is 102 cm³/mol. The number of amides is 1. The van der Waals surface area contributed by atoms with Crippen molar-refractivity contribution in [2.24, 2.45) is 10.9 Å². The fourth-order valence-corrected chi connectivity index (χ4v) is 2.74. The maximum absolute atomic E-state index is 13.9. The van der Waals surface area contributed by atoms with Gasteiger partial charge in [0, 0.05) is 44.3 Å². The van der Waals surface area contributed by atoms with E-state index in [2.05, 4.69) is 25.9 Å². The highest BCUT2D eigenvalue weighted by Crippen LogP contribution is 2.20. The second-order valence-corrected chi connectivity index (χ2v) is 6.59. The third kappa shape index (κ3) is 5.86. The van der Waals surface area contributed by atoms with Crippen molar-refractivity contribution in [2.45, 2.75) is 33.2 Å². The highest BCUT2D eigenvalue weighted by atomic mass is 19.1. The highest BCUT2D eigenvalue weighted by molar-refractivity contribution is 5.80. The zero-order valence-corrected chi connectivity index (χ0v) is 15.8. The monoisotopic (exact) mass is 364 g/mol. The van der Waals surface area contributed by atoms with E-state index in [-0.39, 0.29) is 23.7 Å². The molecule has 1 aliphatic heterocycles. The van der Waals surface area contributed by atoms with Crippen molar-refractivity contribution in [3.8, 4) is 0 Å². The van der Waals surface area contributed by atoms with Crippen molar-refractivity contribution in [2.75, 3.05) is 37.6 Å². The lowest BCUT2D eigenvalue weighted by molar-refractivity contribution is -0.123. The third-order valence-electron chi connectivity index (χ3n) is 4.12. The second kappa shape index (κ2) is 9.94. The first-order valence-electron chi connectivity index (χ1n) is 9.19. The molecule has 1 fully saturated rings. The number of hydrogen-bond acceptors (Lipinski definition) is 4. The predicted octanol–water partition coefficient (Wildman–Crippen LogP) is 1.13. The van der Waals surface area contributed by atoms with Gasteiger partial charge in [-0.25, -0.2) is 9.37 Å². The van der Waals surface area contributed by atoms with Gasteiger partial charge in [-0.15, -0.1) is 0 Å². The van der Waals surface area contributed by atoms with Gasteiger partial charge in [0.15, 0.2) is 17.6 Å². The number of nitrogens with zero attached hydrogens (tertiary/aromatic N) is 3. The van der Waals surface area contributed by atoms with E-state index in [0.717, 1.165) is 19.5 Å². The second-order valence-electron chi connectivity index (χ2n) is 6.59. The Kier molecular flexibility index (Phi) is 7.62. The topological polar surface area (TPSA) is 81.6 Å². The molecule has 0 radical (unpaired) electrons. The van der Waals surface area contributed by atoms with Crippen LogP contribution in [0.5, 0.6) is 0 Å². The number of guanidine groups is 1. The quantitative estimate of drug-likeness (QED) is 0.384. The number of aromatic nitrogens is 1. The van der Waals surface area contributed by atoms with Crippen molar-refractivity contribution in [1.29, 1.82) is 0 Å². The molecule has 1 aliphatic rings. The third-order valence-corrected chi connectivity index (χ3v) is 4.12. The van der Waals surface area contributed by atoms with Gasteiger partial charge >= 0.3 is 0 Å². The van der Waals surface area contributed by atoms with E-state index in [1.54, 1.807) is 12.3 Å². The molecule has 1 amide bonds. The molecule has 0 aliphatic carbocycles. The average molecular weight is 364 g/mol. The zero-order chi connectivity index (χ0) is 18.9. The number of rotatable bonds is 7. The van der Waals surface area contributed by atoms with Gasteiger partial charge in [-0.2, -0.15) is 0 Å². The Labute approximate surface area is 154 Å². The van der Waals surface area contributed by atoms with Gasteiger partial charge in [0.1, 0.15) is 0 Å². The summed E-state index contributed by atoms with van der Waals surface area (Å²) in [5.74, 6) is 0.813. The van der Waals surface area contributed by atoms with E-state index in [0.29, 0.717) is 31.4 Å². The Morgan fingerprint density at radius 1 is 1.46 bits per heavy atom. The molecule has 1 atom stereocenters. The fourth-order valence-electron chi connectivity index (χ4n) is 2.74. The molecule has 0 spiro atoms. The first-order chi connectivity index (χ1) is 12.5. The van der Waals surface area contributed by atoms with Gasteiger partial charge in [-0.3, -0.25) is 9.79 Å². The van der Waals surface area contributed by atoms with Crippen LogP contribution in [0.1, 0.15) is 27.2 Å². The summed E-state index contributed by atoms with van der Waals surface area (Å²) in [5.41, 5.74) is 0. The number of hydrogen-bond donors (Lipinski definition) is 3. The first-order valence-corrected chi connectivity index (χ1v) is 9.19. The number of carbonyl (C=O) groups is 1. The van der Waals surface area contributed by atoms with E-state index >= 15 is 0 Å². The van der Waals surface area contributed by atoms with Gasteiger partial charge < -0.3 is 20.9 Å². The Morgan fingerprint density at radius 2 is 2.27 bits per heavy atom. The number of nitrogens with one attached hydrogen (secondary N) is 3. The minimum Gasteiger partial charge on any atom is -0.357 e. The molecule has 1 aromatic rings. The number of pyridine rings is 1. The molecule has 0 aromatic carbocycles. The molecule has 1 unspecified atom stereocenters. The van der Waals surface area contributed by atoms with Crippen LogP contribution in [0.25, 0.3) is 0 Å². The highest BCUT2D eigenvalue weighted by Gasteiger charge is 2.25. The summed E-state index contributed by atoms with van der Waals surface area (Å²) >= 11 is 0. The summed E-state index contributed by atoms with van der Waals surface area (Å²) in [6, 6.07) is 3.19. The summed E-state index contributed by atoms with van der Waals surface area (Å²) in [6.07, 6.45) is 2.49. The first kappa shape index (κ1) is 19.9. The fraction of sp³-hybridized carbons (Fsp3) is 0.611. The van der Waals surface area contributed by atoms with Gasteiger partial charge in [0.05, 0.1) is 6.54 Å². The van der Waals surface area contributed by atoms with Crippen LogP contribution >= 0.6 is 0 Å². The van der Waals surface area contributed by atoms with Crippen LogP contribution in [0.4, 0.5) is 10.2 Å². The average Bonchev–Trinajstić information content (AvgIpc) is 3.07. The van der Waals surface area contributed by atoms with Gasteiger partial charge in [0.25, 0.3) is 0 Å². The summed E-state index contributed by atoms with van der Waals surface area (Å²) in [7, 11) is 0. The van der Waals surface area contributed by atoms with Crippen LogP contribution < -0.4 is 20.9 Å². The standard InChI is InChI=1S/C18H29FN6O/c1-4-20-18(23-10-9-22-17(26)13(2)3)24-14-7-11-25(12-14)16-15(19)6-5-8-21-16/h5-6,8,13-14H,4,7,9-12H2,1-3H3,(H,22,26)(H2,20,23,24). The molecular formula is C18H29FN6O. The molecule has 26 heavy (non-hydrogen) atoms. The summed E-state index contributed by atoms with van der Waals surface area (Å²) in [4.78, 5) is 22.1. The van der Waals surface area contributed by atoms with Gasteiger partial charge in [-0.05, 0) is 25.5 Å². The lowest BCUT2D eigenvalue weighted by Crippen LogP contribution is -2.45. The largest absolute Gasteiger partial charge is 0.357 e. The maximum Gasteiger partial charge on any atom is 0.222 e.